The second kappa shape index (κ2) is 6.27. The number of carboxylic acids is 1. The van der Waals surface area contributed by atoms with E-state index in [2.05, 4.69) is 5.32 Å². The van der Waals surface area contributed by atoms with E-state index in [0.717, 1.165) is 0 Å². The third-order valence-electron chi connectivity index (χ3n) is 3.04. The van der Waals surface area contributed by atoms with Gasteiger partial charge in [-0.2, -0.15) is 0 Å². The molecule has 20 heavy (non-hydrogen) atoms. The maximum atomic E-state index is 12.0. The molecule has 0 fully saturated rings. The first-order chi connectivity index (χ1) is 9.56. The van der Waals surface area contributed by atoms with Crippen molar-refractivity contribution in [2.24, 2.45) is 0 Å². The van der Waals surface area contributed by atoms with Gasteiger partial charge in [-0.05, 0) is 38.0 Å². The molecule has 0 saturated carbocycles. The van der Waals surface area contributed by atoms with E-state index in [1.807, 2.05) is 6.92 Å². The molecule has 1 heterocycles. The van der Waals surface area contributed by atoms with E-state index in [0.29, 0.717) is 29.9 Å². The molecule has 0 spiro atoms. The van der Waals surface area contributed by atoms with Gasteiger partial charge in [0.1, 0.15) is 0 Å². The van der Waals surface area contributed by atoms with Gasteiger partial charge in [0, 0.05) is 18.0 Å². The molecule has 1 amide bonds. The van der Waals surface area contributed by atoms with Gasteiger partial charge in [-0.1, -0.05) is 0 Å². The summed E-state index contributed by atoms with van der Waals surface area (Å²) in [4.78, 5) is 22.4. The van der Waals surface area contributed by atoms with Gasteiger partial charge < -0.3 is 19.9 Å². The number of amides is 1. The molecular formula is C14H17NO5. The maximum absolute atomic E-state index is 12.0. The molecule has 1 aromatic carbocycles. The van der Waals surface area contributed by atoms with E-state index < -0.39 is 5.97 Å². The highest BCUT2D eigenvalue weighted by Crippen LogP contribution is 2.32. The van der Waals surface area contributed by atoms with Crippen LogP contribution in [0.15, 0.2) is 18.2 Å². The Hall–Kier alpha value is -2.24. The summed E-state index contributed by atoms with van der Waals surface area (Å²) >= 11 is 0. The minimum Gasteiger partial charge on any atom is -0.481 e. The fourth-order valence-corrected chi connectivity index (χ4v) is 1.98. The van der Waals surface area contributed by atoms with Gasteiger partial charge in [-0.3, -0.25) is 9.59 Å². The van der Waals surface area contributed by atoms with Crippen molar-refractivity contribution in [2.75, 3.05) is 6.79 Å². The molecule has 1 aliphatic heterocycles. The number of hydrogen-bond donors (Lipinski definition) is 2. The number of carbonyl (C=O) groups excluding carboxylic acids is 1. The van der Waals surface area contributed by atoms with Crippen LogP contribution < -0.4 is 14.8 Å². The highest BCUT2D eigenvalue weighted by Gasteiger charge is 2.17. The summed E-state index contributed by atoms with van der Waals surface area (Å²) in [5.74, 6) is 0.178. The summed E-state index contributed by atoms with van der Waals surface area (Å²) in [6, 6.07) is 4.94. The van der Waals surface area contributed by atoms with Crippen LogP contribution in [0.4, 0.5) is 0 Å². The summed E-state index contributed by atoms with van der Waals surface area (Å²) in [5, 5.41) is 11.4. The molecule has 1 aromatic rings. The van der Waals surface area contributed by atoms with Crippen molar-refractivity contribution in [1.82, 2.24) is 5.32 Å². The summed E-state index contributed by atoms with van der Waals surface area (Å²) in [6.45, 7) is 2.03. The first-order valence-corrected chi connectivity index (χ1v) is 6.48. The number of benzene rings is 1. The van der Waals surface area contributed by atoms with Crippen molar-refractivity contribution < 1.29 is 24.2 Å². The quantitative estimate of drug-likeness (QED) is 0.829. The zero-order valence-electron chi connectivity index (χ0n) is 11.2. The molecular weight excluding hydrogens is 262 g/mol. The lowest BCUT2D eigenvalue weighted by Crippen LogP contribution is -2.32. The van der Waals surface area contributed by atoms with Crippen LogP contribution in [0.5, 0.6) is 11.5 Å². The van der Waals surface area contributed by atoms with Crippen molar-refractivity contribution in [3.05, 3.63) is 23.8 Å². The molecule has 0 bridgehead atoms. The van der Waals surface area contributed by atoms with Crippen LogP contribution in [-0.4, -0.2) is 29.8 Å². The summed E-state index contributed by atoms with van der Waals surface area (Å²) in [7, 11) is 0. The standard InChI is InChI=1S/C14H17NO5/c1-9(3-2-4-13(16)17)15-14(18)10-5-6-11-12(7-10)20-8-19-11/h5-7,9H,2-4,8H2,1H3,(H,15,18)(H,16,17). The van der Waals surface area contributed by atoms with E-state index in [1.165, 1.54) is 0 Å². The monoisotopic (exact) mass is 279 g/mol. The third-order valence-corrected chi connectivity index (χ3v) is 3.04. The Bertz CT molecular complexity index is 514. The van der Waals surface area contributed by atoms with E-state index in [-0.39, 0.29) is 25.2 Å². The van der Waals surface area contributed by atoms with Crippen LogP contribution in [-0.2, 0) is 4.79 Å². The van der Waals surface area contributed by atoms with Crippen molar-refractivity contribution in [2.45, 2.75) is 32.2 Å². The maximum Gasteiger partial charge on any atom is 0.303 e. The Labute approximate surface area is 116 Å². The van der Waals surface area contributed by atoms with Gasteiger partial charge in [0.15, 0.2) is 11.5 Å². The smallest absolute Gasteiger partial charge is 0.303 e. The molecule has 1 aliphatic rings. The van der Waals surface area contributed by atoms with E-state index in [4.69, 9.17) is 14.6 Å². The molecule has 0 aliphatic carbocycles. The number of ether oxygens (including phenoxy) is 2. The normalized spacial score (nSPS) is 13.8. The van der Waals surface area contributed by atoms with Crippen LogP contribution in [0, 0.1) is 0 Å². The first-order valence-electron chi connectivity index (χ1n) is 6.48. The van der Waals surface area contributed by atoms with Gasteiger partial charge in [0.2, 0.25) is 6.79 Å². The molecule has 0 radical (unpaired) electrons. The molecule has 6 heteroatoms. The van der Waals surface area contributed by atoms with Crippen LogP contribution >= 0.6 is 0 Å². The van der Waals surface area contributed by atoms with Crippen LogP contribution in [0.2, 0.25) is 0 Å². The van der Waals surface area contributed by atoms with Crippen LogP contribution in [0.25, 0.3) is 0 Å². The molecule has 1 atom stereocenters. The predicted octanol–water partition coefficient (Wildman–Crippen LogP) is 1.79. The summed E-state index contributed by atoms with van der Waals surface area (Å²) in [6.07, 6.45) is 1.28. The molecule has 108 valence electrons. The number of nitrogens with one attached hydrogen (secondary N) is 1. The number of rotatable bonds is 6. The van der Waals surface area contributed by atoms with Crippen LogP contribution in [0.3, 0.4) is 0 Å². The lowest BCUT2D eigenvalue weighted by Gasteiger charge is -2.13. The van der Waals surface area contributed by atoms with Crippen molar-refractivity contribution in [3.8, 4) is 11.5 Å². The van der Waals surface area contributed by atoms with Crippen molar-refractivity contribution in [1.29, 1.82) is 0 Å². The lowest BCUT2D eigenvalue weighted by molar-refractivity contribution is -0.137. The average molecular weight is 279 g/mol. The van der Waals surface area contributed by atoms with Gasteiger partial charge in [-0.25, -0.2) is 0 Å². The number of carbonyl (C=O) groups is 2. The topological polar surface area (TPSA) is 84.9 Å². The SMILES string of the molecule is CC(CCCC(=O)O)NC(=O)c1ccc2c(c1)OCO2. The summed E-state index contributed by atoms with van der Waals surface area (Å²) in [5.41, 5.74) is 0.499. The van der Waals surface area contributed by atoms with Gasteiger partial charge >= 0.3 is 5.97 Å². The molecule has 6 nitrogen and oxygen atoms in total. The molecule has 2 N–H and O–H groups in total. The predicted molar refractivity (Wildman–Crippen MR) is 71.0 cm³/mol. The largest absolute Gasteiger partial charge is 0.481 e. The zero-order chi connectivity index (χ0) is 14.5. The zero-order valence-corrected chi connectivity index (χ0v) is 11.2. The summed E-state index contributed by atoms with van der Waals surface area (Å²) < 4.78 is 10.4. The fourth-order valence-electron chi connectivity index (χ4n) is 1.98. The van der Waals surface area contributed by atoms with Crippen molar-refractivity contribution in [3.63, 3.8) is 0 Å². The number of carboxylic acid groups (broad SMARTS) is 1. The van der Waals surface area contributed by atoms with E-state index in [9.17, 15) is 9.59 Å². The highest BCUT2D eigenvalue weighted by molar-refractivity contribution is 5.95. The molecule has 1 unspecified atom stereocenters. The van der Waals surface area contributed by atoms with Gasteiger partial charge in [-0.15, -0.1) is 0 Å². The third kappa shape index (κ3) is 3.63. The Morgan fingerprint density at radius 3 is 2.85 bits per heavy atom. The number of aliphatic carboxylic acids is 1. The van der Waals surface area contributed by atoms with Crippen LogP contribution in [0.1, 0.15) is 36.5 Å². The Morgan fingerprint density at radius 1 is 1.35 bits per heavy atom. The number of fused-ring (bicyclic) bond motifs is 1. The average Bonchev–Trinajstić information content (AvgIpc) is 2.85. The number of hydrogen-bond acceptors (Lipinski definition) is 4. The second-order valence-corrected chi connectivity index (χ2v) is 4.73. The Morgan fingerprint density at radius 2 is 2.10 bits per heavy atom. The highest BCUT2D eigenvalue weighted by atomic mass is 16.7. The van der Waals surface area contributed by atoms with Gasteiger partial charge in [0.05, 0.1) is 0 Å². The van der Waals surface area contributed by atoms with Crippen molar-refractivity contribution >= 4 is 11.9 Å². The molecule has 0 saturated heterocycles. The van der Waals surface area contributed by atoms with Gasteiger partial charge in [0.25, 0.3) is 5.91 Å². The molecule has 0 aromatic heterocycles. The lowest BCUT2D eigenvalue weighted by atomic mass is 10.1. The minimum atomic E-state index is -0.820. The first kappa shape index (κ1) is 14.2. The fraction of sp³-hybridized carbons (Fsp3) is 0.429. The van der Waals surface area contributed by atoms with E-state index >= 15 is 0 Å². The van der Waals surface area contributed by atoms with E-state index in [1.54, 1.807) is 18.2 Å². The second-order valence-electron chi connectivity index (χ2n) is 4.73. The Kier molecular flexibility index (Phi) is 4.45. The molecule has 2 rings (SSSR count). The Balaban J connectivity index is 1.86. The minimum absolute atomic E-state index is 0.0766.